The monoisotopic (exact) mass is 460 g/mol. The Bertz CT molecular complexity index is 1130. The molecule has 150 valence electrons. The number of carbonyl (C=O) groups is 1. The van der Waals surface area contributed by atoms with E-state index >= 15 is 0 Å². The lowest BCUT2D eigenvalue weighted by Crippen LogP contribution is -2.13. The fourth-order valence-corrected chi connectivity index (χ4v) is 3.17. The molecule has 0 aliphatic rings. The fraction of sp³-hybridized carbons (Fsp3) is 0.120. The summed E-state index contributed by atoms with van der Waals surface area (Å²) in [5.74, 6) is 0.274. The van der Waals surface area contributed by atoms with Gasteiger partial charge in [0.25, 0.3) is 5.91 Å². The summed E-state index contributed by atoms with van der Waals surface area (Å²) < 4.78 is 6.81. The van der Waals surface area contributed by atoms with Crippen LogP contribution in [0.5, 0.6) is 5.75 Å². The molecule has 3 aromatic rings. The van der Waals surface area contributed by atoms with E-state index < -0.39 is 5.91 Å². The SMILES string of the molecule is Cc1ccc(NC(=O)/C(C#N)=C/c2ccc(OCc3ccccc3Br)cc2)cc1C. The largest absolute Gasteiger partial charge is 0.489 e. The average molecular weight is 461 g/mol. The van der Waals surface area contributed by atoms with E-state index in [9.17, 15) is 10.1 Å². The van der Waals surface area contributed by atoms with Crippen LogP contribution in [0.25, 0.3) is 6.08 Å². The second-order valence-electron chi connectivity index (χ2n) is 6.87. The van der Waals surface area contributed by atoms with Crippen molar-refractivity contribution in [3.63, 3.8) is 0 Å². The van der Waals surface area contributed by atoms with Gasteiger partial charge in [-0.1, -0.05) is 52.3 Å². The Kier molecular flexibility index (Phi) is 7.05. The van der Waals surface area contributed by atoms with E-state index in [1.165, 1.54) is 0 Å². The van der Waals surface area contributed by atoms with Gasteiger partial charge in [0.2, 0.25) is 0 Å². The summed E-state index contributed by atoms with van der Waals surface area (Å²) in [6.45, 7) is 4.43. The van der Waals surface area contributed by atoms with Crippen LogP contribution >= 0.6 is 15.9 Å². The first kappa shape index (κ1) is 21.4. The molecule has 5 heteroatoms. The molecule has 0 aromatic heterocycles. The number of anilines is 1. The molecule has 3 aromatic carbocycles. The van der Waals surface area contributed by atoms with Gasteiger partial charge in [0.15, 0.2) is 0 Å². The summed E-state index contributed by atoms with van der Waals surface area (Å²) in [5, 5.41) is 12.2. The minimum absolute atomic E-state index is 0.0371. The van der Waals surface area contributed by atoms with Gasteiger partial charge in [-0.3, -0.25) is 4.79 Å². The molecule has 3 rings (SSSR count). The second kappa shape index (κ2) is 9.91. The van der Waals surface area contributed by atoms with Crippen molar-refractivity contribution in [3.8, 4) is 11.8 Å². The zero-order valence-electron chi connectivity index (χ0n) is 16.8. The molecule has 0 heterocycles. The van der Waals surface area contributed by atoms with Crippen molar-refractivity contribution in [1.82, 2.24) is 0 Å². The Morgan fingerprint density at radius 1 is 1.07 bits per heavy atom. The van der Waals surface area contributed by atoms with E-state index in [0.29, 0.717) is 18.0 Å². The van der Waals surface area contributed by atoms with E-state index in [4.69, 9.17) is 4.74 Å². The molecule has 1 N–H and O–H groups in total. The van der Waals surface area contributed by atoms with Gasteiger partial charge in [-0.25, -0.2) is 0 Å². The molecule has 0 atom stereocenters. The molecular formula is C25H21BrN2O2. The minimum atomic E-state index is -0.435. The van der Waals surface area contributed by atoms with Gasteiger partial charge in [-0.2, -0.15) is 5.26 Å². The number of halogens is 1. The predicted molar refractivity (Wildman–Crippen MR) is 123 cm³/mol. The summed E-state index contributed by atoms with van der Waals surface area (Å²) >= 11 is 3.50. The van der Waals surface area contributed by atoms with Crippen molar-refractivity contribution in [2.24, 2.45) is 0 Å². The molecule has 0 fully saturated rings. The maximum absolute atomic E-state index is 12.5. The highest BCUT2D eigenvalue weighted by Crippen LogP contribution is 2.21. The van der Waals surface area contributed by atoms with Gasteiger partial charge in [-0.05, 0) is 66.9 Å². The third kappa shape index (κ3) is 5.59. The zero-order valence-corrected chi connectivity index (χ0v) is 18.4. The maximum Gasteiger partial charge on any atom is 0.266 e. The Morgan fingerprint density at radius 3 is 2.47 bits per heavy atom. The van der Waals surface area contributed by atoms with Crippen LogP contribution in [0.1, 0.15) is 22.3 Å². The molecule has 30 heavy (non-hydrogen) atoms. The Labute approximate surface area is 184 Å². The lowest BCUT2D eigenvalue weighted by atomic mass is 10.1. The molecule has 4 nitrogen and oxygen atoms in total. The minimum Gasteiger partial charge on any atom is -0.489 e. The number of benzene rings is 3. The number of amides is 1. The lowest BCUT2D eigenvalue weighted by Gasteiger charge is -2.08. The molecule has 0 bridgehead atoms. The molecule has 1 amide bonds. The summed E-state index contributed by atoms with van der Waals surface area (Å²) in [6.07, 6.45) is 1.56. The van der Waals surface area contributed by atoms with E-state index in [1.807, 2.05) is 86.6 Å². The van der Waals surface area contributed by atoms with E-state index in [1.54, 1.807) is 6.08 Å². The summed E-state index contributed by atoms with van der Waals surface area (Å²) in [4.78, 5) is 12.5. The molecule has 0 saturated carbocycles. The van der Waals surface area contributed by atoms with Crippen LogP contribution in [-0.4, -0.2) is 5.91 Å². The summed E-state index contributed by atoms with van der Waals surface area (Å²) in [7, 11) is 0. The van der Waals surface area contributed by atoms with Crippen LogP contribution in [0.2, 0.25) is 0 Å². The predicted octanol–water partition coefficient (Wildman–Crippen LogP) is 6.19. The molecule has 0 unspecified atom stereocenters. The zero-order chi connectivity index (χ0) is 21.5. The Balaban J connectivity index is 1.66. The van der Waals surface area contributed by atoms with Crippen molar-refractivity contribution in [2.45, 2.75) is 20.5 Å². The van der Waals surface area contributed by atoms with Crippen molar-refractivity contribution in [1.29, 1.82) is 5.26 Å². The van der Waals surface area contributed by atoms with Gasteiger partial charge in [-0.15, -0.1) is 0 Å². The van der Waals surface area contributed by atoms with Crippen LogP contribution in [0, 0.1) is 25.2 Å². The Hall–Kier alpha value is -3.36. The number of nitrogens with one attached hydrogen (secondary N) is 1. The highest BCUT2D eigenvalue weighted by atomic mass is 79.9. The highest BCUT2D eigenvalue weighted by molar-refractivity contribution is 9.10. The van der Waals surface area contributed by atoms with Gasteiger partial charge in [0.05, 0.1) is 0 Å². The van der Waals surface area contributed by atoms with Crippen LogP contribution in [-0.2, 0) is 11.4 Å². The average Bonchev–Trinajstić information content (AvgIpc) is 2.75. The molecule has 0 radical (unpaired) electrons. The number of carbonyl (C=O) groups excluding carboxylic acids is 1. The summed E-state index contributed by atoms with van der Waals surface area (Å²) in [5.41, 5.74) is 4.72. The standard InChI is InChI=1S/C25H21BrN2O2/c1-17-7-10-22(13-18(17)2)28-25(29)21(15-27)14-19-8-11-23(12-9-19)30-16-20-5-3-4-6-24(20)26/h3-14H,16H2,1-2H3,(H,28,29)/b21-14+. The first-order valence-electron chi connectivity index (χ1n) is 9.43. The summed E-state index contributed by atoms with van der Waals surface area (Å²) in [6, 6.07) is 22.8. The first-order chi connectivity index (χ1) is 14.5. The van der Waals surface area contributed by atoms with Crippen molar-refractivity contribution in [2.75, 3.05) is 5.32 Å². The van der Waals surface area contributed by atoms with Crippen molar-refractivity contribution < 1.29 is 9.53 Å². The van der Waals surface area contributed by atoms with Gasteiger partial charge in [0.1, 0.15) is 24.0 Å². The number of rotatable bonds is 6. The van der Waals surface area contributed by atoms with Gasteiger partial charge < -0.3 is 10.1 Å². The van der Waals surface area contributed by atoms with E-state index in [0.717, 1.165) is 26.7 Å². The molecule has 0 spiro atoms. The molecular weight excluding hydrogens is 440 g/mol. The van der Waals surface area contributed by atoms with E-state index in [-0.39, 0.29) is 5.57 Å². The number of nitrogens with zero attached hydrogens (tertiary/aromatic N) is 1. The number of hydrogen-bond acceptors (Lipinski definition) is 3. The smallest absolute Gasteiger partial charge is 0.266 e. The molecule has 0 aliphatic carbocycles. The third-order valence-electron chi connectivity index (χ3n) is 4.67. The maximum atomic E-state index is 12.5. The van der Waals surface area contributed by atoms with Crippen molar-refractivity contribution in [3.05, 3.63) is 99.0 Å². The number of ether oxygens (including phenoxy) is 1. The highest BCUT2D eigenvalue weighted by Gasteiger charge is 2.10. The van der Waals surface area contributed by atoms with Gasteiger partial charge >= 0.3 is 0 Å². The second-order valence-corrected chi connectivity index (χ2v) is 7.73. The topological polar surface area (TPSA) is 62.1 Å². The van der Waals surface area contributed by atoms with Crippen LogP contribution in [0.3, 0.4) is 0 Å². The van der Waals surface area contributed by atoms with E-state index in [2.05, 4.69) is 21.2 Å². The van der Waals surface area contributed by atoms with Crippen LogP contribution < -0.4 is 10.1 Å². The number of hydrogen-bond donors (Lipinski definition) is 1. The fourth-order valence-electron chi connectivity index (χ4n) is 2.77. The van der Waals surface area contributed by atoms with Crippen molar-refractivity contribution >= 4 is 33.6 Å². The Morgan fingerprint density at radius 2 is 1.80 bits per heavy atom. The number of aryl methyl sites for hydroxylation is 2. The van der Waals surface area contributed by atoms with Crippen LogP contribution in [0.4, 0.5) is 5.69 Å². The quantitative estimate of drug-likeness (QED) is 0.352. The number of nitriles is 1. The lowest BCUT2D eigenvalue weighted by molar-refractivity contribution is -0.112. The third-order valence-corrected chi connectivity index (χ3v) is 5.45. The molecule has 0 aliphatic heterocycles. The van der Waals surface area contributed by atoms with Crippen LogP contribution in [0.15, 0.2) is 76.8 Å². The first-order valence-corrected chi connectivity index (χ1v) is 10.2. The normalized spacial score (nSPS) is 10.9. The van der Waals surface area contributed by atoms with Gasteiger partial charge in [0, 0.05) is 15.7 Å². The molecule has 0 saturated heterocycles.